The van der Waals surface area contributed by atoms with Crippen LogP contribution in [0.15, 0.2) is 23.7 Å². The molecule has 0 aliphatic rings. The predicted octanol–water partition coefficient (Wildman–Crippen LogP) is 4.88. The van der Waals surface area contributed by atoms with Gasteiger partial charge in [0.05, 0.1) is 28.0 Å². The highest BCUT2D eigenvalue weighted by atomic mass is 127. The number of anilines is 1. The van der Waals surface area contributed by atoms with Gasteiger partial charge >= 0.3 is 0 Å². The van der Waals surface area contributed by atoms with Crippen molar-refractivity contribution in [2.24, 2.45) is 0 Å². The average Bonchev–Trinajstić information content (AvgIpc) is 2.68. The molecule has 90 valence electrons. The molecule has 2 nitrogen and oxygen atoms in total. The maximum absolute atomic E-state index is 6.20. The minimum atomic E-state index is 0.222. The molecule has 0 fully saturated rings. The van der Waals surface area contributed by atoms with Gasteiger partial charge in [0.15, 0.2) is 0 Å². The second kappa shape index (κ2) is 5.54. The summed E-state index contributed by atoms with van der Waals surface area (Å²) in [7, 11) is 0. The van der Waals surface area contributed by atoms with E-state index < -0.39 is 0 Å². The van der Waals surface area contributed by atoms with E-state index >= 15 is 0 Å². The van der Waals surface area contributed by atoms with E-state index in [1.807, 2.05) is 30.6 Å². The van der Waals surface area contributed by atoms with Crippen LogP contribution in [0.3, 0.4) is 0 Å². The molecule has 1 N–H and O–H groups in total. The van der Waals surface area contributed by atoms with Crippen molar-refractivity contribution in [3.05, 3.63) is 42.9 Å². The molecule has 1 aromatic heterocycles. The fourth-order valence-corrected chi connectivity index (χ4v) is 3.35. The summed E-state index contributed by atoms with van der Waals surface area (Å²) < 4.78 is 1.14. The summed E-state index contributed by atoms with van der Waals surface area (Å²) in [6, 6.07) is 6.23. The van der Waals surface area contributed by atoms with E-state index in [1.54, 1.807) is 11.3 Å². The average molecular weight is 379 g/mol. The molecule has 1 atom stereocenters. The zero-order valence-corrected chi connectivity index (χ0v) is 13.2. The van der Waals surface area contributed by atoms with Gasteiger partial charge in [0, 0.05) is 8.45 Å². The molecular weight excluding hydrogens is 367 g/mol. The zero-order chi connectivity index (χ0) is 12.4. The van der Waals surface area contributed by atoms with Gasteiger partial charge < -0.3 is 5.32 Å². The number of halogens is 2. The zero-order valence-electron chi connectivity index (χ0n) is 9.50. The maximum atomic E-state index is 6.20. The van der Waals surface area contributed by atoms with Crippen molar-refractivity contribution in [2.75, 3.05) is 5.32 Å². The summed E-state index contributed by atoms with van der Waals surface area (Å²) in [5, 5.41) is 4.17. The van der Waals surface area contributed by atoms with Gasteiger partial charge in [-0.2, -0.15) is 0 Å². The van der Waals surface area contributed by atoms with E-state index in [1.165, 1.54) is 4.88 Å². The molecule has 1 aromatic carbocycles. The number of hydrogen-bond acceptors (Lipinski definition) is 3. The van der Waals surface area contributed by atoms with Crippen LogP contribution >= 0.6 is 45.5 Å². The first-order valence-corrected chi connectivity index (χ1v) is 7.53. The number of benzene rings is 1. The molecule has 0 aliphatic carbocycles. The molecule has 0 spiro atoms. The van der Waals surface area contributed by atoms with Gasteiger partial charge in [-0.25, -0.2) is 4.98 Å². The van der Waals surface area contributed by atoms with Gasteiger partial charge in [0.25, 0.3) is 0 Å². The third-order valence-electron chi connectivity index (χ3n) is 2.48. The predicted molar refractivity (Wildman–Crippen MR) is 83.1 cm³/mol. The molecule has 5 heteroatoms. The van der Waals surface area contributed by atoms with Crippen LogP contribution in [0.2, 0.25) is 5.02 Å². The number of thiazole rings is 1. The van der Waals surface area contributed by atoms with Gasteiger partial charge in [-0.15, -0.1) is 11.3 Å². The molecular formula is C12H12ClIN2S. The largest absolute Gasteiger partial charge is 0.376 e. The van der Waals surface area contributed by atoms with Crippen molar-refractivity contribution >= 4 is 51.2 Å². The second-order valence-electron chi connectivity index (χ2n) is 3.79. The first-order chi connectivity index (χ1) is 8.08. The molecule has 0 aliphatic heterocycles. The monoisotopic (exact) mass is 378 g/mol. The lowest BCUT2D eigenvalue weighted by molar-refractivity contribution is 0.890. The molecule has 1 unspecified atom stereocenters. The van der Waals surface area contributed by atoms with E-state index in [9.17, 15) is 0 Å². The normalized spacial score (nSPS) is 12.5. The Bertz CT molecular complexity index is 527. The van der Waals surface area contributed by atoms with Crippen molar-refractivity contribution in [1.82, 2.24) is 4.98 Å². The summed E-state index contributed by atoms with van der Waals surface area (Å²) in [4.78, 5) is 5.51. The lowest BCUT2D eigenvalue weighted by Gasteiger charge is -2.15. The molecule has 2 aromatic rings. The van der Waals surface area contributed by atoms with Gasteiger partial charge in [0.1, 0.15) is 0 Å². The maximum Gasteiger partial charge on any atom is 0.0798 e. The Hall–Kier alpha value is -0.330. The van der Waals surface area contributed by atoms with E-state index in [0.29, 0.717) is 0 Å². The SMILES string of the molecule is Cc1ncsc1C(C)Nc1ccc(I)cc1Cl. The van der Waals surface area contributed by atoms with Crippen LogP contribution in [0.4, 0.5) is 5.69 Å². The second-order valence-corrected chi connectivity index (χ2v) is 6.33. The third kappa shape index (κ3) is 3.11. The van der Waals surface area contributed by atoms with Crippen LogP contribution in [-0.4, -0.2) is 4.98 Å². The molecule has 17 heavy (non-hydrogen) atoms. The van der Waals surface area contributed by atoms with Crippen LogP contribution in [0, 0.1) is 10.5 Å². The van der Waals surface area contributed by atoms with Crippen molar-refractivity contribution in [3.63, 3.8) is 0 Å². The number of nitrogens with zero attached hydrogens (tertiary/aromatic N) is 1. The van der Waals surface area contributed by atoms with Gasteiger partial charge in [-0.1, -0.05) is 11.6 Å². The summed E-state index contributed by atoms with van der Waals surface area (Å²) in [6.07, 6.45) is 0. The van der Waals surface area contributed by atoms with Crippen LogP contribution in [-0.2, 0) is 0 Å². The Morgan fingerprint density at radius 1 is 1.47 bits per heavy atom. The number of nitrogens with one attached hydrogen (secondary N) is 1. The van der Waals surface area contributed by atoms with Crippen molar-refractivity contribution < 1.29 is 0 Å². The fourth-order valence-electron chi connectivity index (χ4n) is 1.63. The molecule has 0 saturated carbocycles. The standard InChI is InChI=1S/C12H12ClIN2S/c1-7-12(17-6-15-7)8(2)16-11-4-3-9(14)5-10(11)13/h3-6,8,16H,1-2H3. The molecule has 0 bridgehead atoms. The molecule has 0 saturated heterocycles. The van der Waals surface area contributed by atoms with Crippen LogP contribution in [0.5, 0.6) is 0 Å². The van der Waals surface area contributed by atoms with Crippen LogP contribution in [0.25, 0.3) is 0 Å². The number of hydrogen-bond donors (Lipinski definition) is 1. The highest BCUT2D eigenvalue weighted by molar-refractivity contribution is 14.1. The van der Waals surface area contributed by atoms with Gasteiger partial charge in [-0.05, 0) is 54.6 Å². The molecule has 0 radical (unpaired) electrons. The fraction of sp³-hybridized carbons (Fsp3) is 0.250. The Kier molecular flexibility index (Phi) is 4.27. The van der Waals surface area contributed by atoms with Crippen molar-refractivity contribution in [2.45, 2.75) is 19.9 Å². The smallest absolute Gasteiger partial charge is 0.0798 e. The number of aryl methyl sites for hydroxylation is 1. The summed E-state index contributed by atoms with van der Waals surface area (Å²) in [6.45, 7) is 4.15. The minimum absolute atomic E-state index is 0.222. The molecule has 2 rings (SSSR count). The molecule has 1 heterocycles. The van der Waals surface area contributed by atoms with Gasteiger partial charge in [0.2, 0.25) is 0 Å². The number of rotatable bonds is 3. The number of aromatic nitrogens is 1. The Labute approximate surface area is 124 Å². The third-order valence-corrected chi connectivity index (χ3v) is 4.58. The van der Waals surface area contributed by atoms with Crippen LogP contribution < -0.4 is 5.32 Å². The van der Waals surface area contributed by atoms with Crippen LogP contribution in [0.1, 0.15) is 23.5 Å². The van der Waals surface area contributed by atoms with Crippen molar-refractivity contribution in [1.29, 1.82) is 0 Å². The van der Waals surface area contributed by atoms with Gasteiger partial charge in [-0.3, -0.25) is 0 Å². The quantitative estimate of drug-likeness (QED) is 0.770. The van der Waals surface area contributed by atoms with E-state index in [4.69, 9.17) is 11.6 Å². The highest BCUT2D eigenvalue weighted by Crippen LogP contribution is 2.29. The molecule has 0 amide bonds. The van der Waals surface area contributed by atoms with E-state index in [0.717, 1.165) is 20.0 Å². The summed E-state index contributed by atoms with van der Waals surface area (Å²) in [5.74, 6) is 0. The Balaban J connectivity index is 2.19. The first kappa shape index (κ1) is 13.1. The highest BCUT2D eigenvalue weighted by Gasteiger charge is 2.12. The lowest BCUT2D eigenvalue weighted by Crippen LogP contribution is -2.06. The summed E-state index contributed by atoms with van der Waals surface area (Å²) >= 11 is 10.1. The topological polar surface area (TPSA) is 24.9 Å². The Morgan fingerprint density at radius 3 is 2.82 bits per heavy atom. The van der Waals surface area contributed by atoms with E-state index in [-0.39, 0.29) is 6.04 Å². The minimum Gasteiger partial charge on any atom is -0.376 e. The lowest BCUT2D eigenvalue weighted by atomic mass is 10.2. The first-order valence-electron chi connectivity index (χ1n) is 5.19. The summed E-state index contributed by atoms with van der Waals surface area (Å²) in [5.41, 5.74) is 3.92. The van der Waals surface area contributed by atoms with E-state index in [2.05, 4.69) is 39.8 Å². The Morgan fingerprint density at radius 2 is 2.24 bits per heavy atom. The van der Waals surface area contributed by atoms with Crippen molar-refractivity contribution in [3.8, 4) is 0 Å².